The number of hydrogen-bond donors (Lipinski definition) is 1. The Bertz CT molecular complexity index is 612. The van der Waals surface area contributed by atoms with Crippen LogP contribution in [0.1, 0.15) is 24.5 Å². The molecular weight excluding hydrogens is 238 g/mol. The molecule has 3 rings (SSSR count). The van der Waals surface area contributed by atoms with Crippen molar-refractivity contribution in [1.29, 1.82) is 0 Å². The van der Waals surface area contributed by atoms with E-state index in [9.17, 15) is 4.79 Å². The lowest BCUT2D eigenvalue weighted by Gasteiger charge is -2.24. The van der Waals surface area contributed by atoms with E-state index in [1.54, 1.807) is 18.5 Å². The Morgan fingerprint density at radius 3 is 2.89 bits per heavy atom. The molecule has 1 N–H and O–H groups in total. The van der Waals surface area contributed by atoms with E-state index in [4.69, 9.17) is 0 Å². The maximum absolute atomic E-state index is 12.5. The molecule has 4 heteroatoms. The monoisotopic (exact) mass is 253 g/mol. The van der Waals surface area contributed by atoms with Crippen molar-refractivity contribution in [3.63, 3.8) is 0 Å². The van der Waals surface area contributed by atoms with Crippen LogP contribution in [0.5, 0.6) is 0 Å². The zero-order valence-electron chi connectivity index (χ0n) is 10.8. The van der Waals surface area contributed by atoms with E-state index in [1.165, 1.54) is 5.56 Å². The smallest absolute Gasteiger partial charge is 0.234 e. The van der Waals surface area contributed by atoms with E-state index in [0.29, 0.717) is 5.69 Å². The molecule has 19 heavy (non-hydrogen) atoms. The van der Waals surface area contributed by atoms with Crippen LogP contribution in [-0.4, -0.2) is 16.1 Å². The summed E-state index contributed by atoms with van der Waals surface area (Å²) < 4.78 is 0. The Hall–Kier alpha value is -2.23. The van der Waals surface area contributed by atoms with E-state index in [0.717, 1.165) is 18.4 Å². The first kappa shape index (κ1) is 11.8. The summed E-state index contributed by atoms with van der Waals surface area (Å²) in [5.74, 6) is 0.0189. The van der Waals surface area contributed by atoms with Crippen LogP contribution in [0.4, 0.5) is 5.69 Å². The molecule has 0 aliphatic heterocycles. The molecule has 1 aliphatic carbocycles. The number of carbonyl (C=O) groups excluding carboxylic acids is 1. The highest BCUT2D eigenvalue weighted by atomic mass is 16.2. The van der Waals surface area contributed by atoms with Gasteiger partial charge < -0.3 is 5.32 Å². The average Bonchev–Trinajstić information content (AvgIpc) is 2.80. The number of nitrogens with one attached hydrogen (secondary N) is 1. The van der Waals surface area contributed by atoms with Gasteiger partial charge in [0.05, 0.1) is 23.5 Å². The van der Waals surface area contributed by atoms with Gasteiger partial charge in [-0.1, -0.05) is 24.3 Å². The normalized spacial score (nSPS) is 20.9. The minimum atomic E-state index is -0.458. The lowest BCUT2D eigenvalue weighted by atomic mass is 9.83. The fourth-order valence-electron chi connectivity index (χ4n) is 2.67. The summed E-state index contributed by atoms with van der Waals surface area (Å²) in [6.07, 6.45) is 4.92. The number of fused-ring (bicyclic) bond motifs is 1. The van der Waals surface area contributed by atoms with Crippen molar-refractivity contribution in [1.82, 2.24) is 10.2 Å². The highest BCUT2D eigenvalue weighted by Crippen LogP contribution is 2.39. The lowest BCUT2D eigenvalue weighted by molar-refractivity contribution is -0.121. The van der Waals surface area contributed by atoms with Crippen molar-refractivity contribution in [2.45, 2.75) is 25.2 Å². The van der Waals surface area contributed by atoms with Crippen molar-refractivity contribution in [2.75, 3.05) is 5.32 Å². The van der Waals surface area contributed by atoms with Gasteiger partial charge in [0.15, 0.2) is 0 Å². The van der Waals surface area contributed by atoms with Crippen LogP contribution in [0.3, 0.4) is 0 Å². The molecule has 0 radical (unpaired) electrons. The Morgan fingerprint density at radius 1 is 1.26 bits per heavy atom. The molecular formula is C15H15N3O. The number of carbonyl (C=O) groups is 1. The number of aromatic nitrogens is 2. The maximum atomic E-state index is 12.5. The van der Waals surface area contributed by atoms with Crippen molar-refractivity contribution >= 4 is 11.6 Å². The van der Waals surface area contributed by atoms with Crippen LogP contribution in [0.2, 0.25) is 0 Å². The fraction of sp³-hybridized carbons (Fsp3) is 0.267. The number of benzene rings is 1. The van der Waals surface area contributed by atoms with Gasteiger partial charge in [-0.3, -0.25) is 4.79 Å². The zero-order chi connectivity index (χ0) is 13.3. The van der Waals surface area contributed by atoms with Crippen LogP contribution < -0.4 is 5.32 Å². The number of rotatable bonds is 2. The van der Waals surface area contributed by atoms with E-state index in [1.807, 2.05) is 25.1 Å². The second-order valence-corrected chi connectivity index (χ2v) is 5.07. The molecule has 1 amide bonds. The third-order valence-electron chi connectivity index (χ3n) is 3.85. The lowest BCUT2D eigenvalue weighted by Crippen LogP contribution is -2.35. The van der Waals surface area contributed by atoms with Crippen molar-refractivity contribution in [2.24, 2.45) is 0 Å². The molecule has 0 saturated carbocycles. The third kappa shape index (κ3) is 1.99. The largest absolute Gasteiger partial charge is 0.324 e. The van der Waals surface area contributed by atoms with Crippen LogP contribution in [0.15, 0.2) is 42.7 Å². The molecule has 1 unspecified atom stereocenters. The molecule has 1 aliphatic rings. The van der Waals surface area contributed by atoms with Gasteiger partial charge in [0.1, 0.15) is 0 Å². The Kier molecular flexibility index (Phi) is 2.78. The molecule has 1 heterocycles. The van der Waals surface area contributed by atoms with Crippen molar-refractivity contribution < 1.29 is 4.79 Å². The number of nitrogens with zero attached hydrogens (tertiary/aromatic N) is 2. The topological polar surface area (TPSA) is 54.9 Å². The summed E-state index contributed by atoms with van der Waals surface area (Å²) in [4.78, 5) is 12.5. The summed E-state index contributed by atoms with van der Waals surface area (Å²) in [6, 6.07) is 9.91. The quantitative estimate of drug-likeness (QED) is 0.893. The van der Waals surface area contributed by atoms with Gasteiger partial charge in [-0.05, 0) is 37.0 Å². The van der Waals surface area contributed by atoms with Gasteiger partial charge in [0.25, 0.3) is 0 Å². The van der Waals surface area contributed by atoms with E-state index < -0.39 is 5.41 Å². The number of anilines is 1. The predicted octanol–water partition coefficient (Wildman–Crippen LogP) is 2.32. The average molecular weight is 253 g/mol. The van der Waals surface area contributed by atoms with Crippen LogP contribution in [0.25, 0.3) is 0 Å². The molecule has 0 saturated heterocycles. The zero-order valence-corrected chi connectivity index (χ0v) is 10.8. The highest BCUT2D eigenvalue weighted by Gasteiger charge is 2.40. The Labute approximate surface area is 111 Å². The first-order chi connectivity index (χ1) is 9.20. The first-order valence-electron chi connectivity index (χ1n) is 6.37. The number of aryl methyl sites for hydroxylation is 1. The van der Waals surface area contributed by atoms with Gasteiger partial charge in [-0.15, -0.1) is 0 Å². The van der Waals surface area contributed by atoms with Gasteiger partial charge in [-0.2, -0.15) is 10.2 Å². The molecule has 0 spiro atoms. The van der Waals surface area contributed by atoms with E-state index >= 15 is 0 Å². The minimum absolute atomic E-state index is 0.0189. The third-order valence-corrected chi connectivity index (χ3v) is 3.85. The van der Waals surface area contributed by atoms with Crippen molar-refractivity contribution in [3.05, 3.63) is 53.9 Å². The van der Waals surface area contributed by atoms with Crippen LogP contribution in [-0.2, 0) is 16.6 Å². The van der Waals surface area contributed by atoms with E-state index in [-0.39, 0.29) is 5.91 Å². The first-order valence-corrected chi connectivity index (χ1v) is 6.37. The van der Waals surface area contributed by atoms with Crippen LogP contribution >= 0.6 is 0 Å². The molecule has 1 aromatic carbocycles. The second kappa shape index (κ2) is 4.46. The number of hydrogen-bond acceptors (Lipinski definition) is 3. The summed E-state index contributed by atoms with van der Waals surface area (Å²) >= 11 is 0. The number of amides is 1. The summed E-state index contributed by atoms with van der Waals surface area (Å²) in [6.45, 7) is 2.00. The highest BCUT2D eigenvalue weighted by molar-refractivity contribution is 5.99. The SMILES string of the molecule is CC1(C(=O)Nc2ccnnc2)CCc2ccccc21. The molecule has 1 atom stereocenters. The molecule has 2 aromatic rings. The Morgan fingerprint density at radius 2 is 2.11 bits per heavy atom. The summed E-state index contributed by atoms with van der Waals surface area (Å²) in [5, 5.41) is 10.4. The fourth-order valence-corrected chi connectivity index (χ4v) is 2.67. The molecule has 0 bridgehead atoms. The molecule has 0 fully saturated rings. The van der Waals surface area contributed by atoms with Gasteiger partial charge >= 0.3 is 0 Å². The Balaban J connectivity index is 1.88. The van der Waals surface area contributed by atoms with Crippen LogP contribution in [0, 0.1) is 0 Å². The standard InChI is InChI=1S/C15H15N3O/c1-15(8-6-11-4-2-3-5-13(11)15)14(19)18-12-7-9-16-17-10-12/h2-5,7,9-10H,6,8H2,1H3,(H,16,18,19). The van der Waals surface area contributed by atoms with E-state index in [2.05, 4.69) is 21.6 Å². The second-order valence-electron chi connectivity index (χ2n) is 5.07. The minimum Gasteiger partial charge on any atom is -0.324 e. The molecule has 96 valence electrons. The van der Waals surface area contributed by atoms with Gasteiger partial charge in [-0.25, -0.2) is 0 Å². The summed E-state index contributed by atoms with van der Waals surface area (Å²) in [7, 11) is 0. The predicted molar refractivity (Wildman–Crippen MR) is 72.8 cm³/mol. The van der Waals surface area contributed by atoms with Crippen molar-refractivity contribution in [3.8, 4) is 0 Å². The summed E-state index contributed by atoms with van der Waals surface area (Å²) in [5.41, 5.74) is 2.63. The van der Waals surface area contributed by atoms with Gasteiger partial charge in [0.2, 0.25) is 5.91 Å². The molecule has 1 aromatic heterocycles. The maximum Gasteiger partial charge on any atom is 0.234 e. The van der Waals surface area contributed by atoms with Gasteiger partial charge in [0, 0.05) is 0 Å². The molecule has 4 nitrogen and oxygen atoms in total.